The zero-order chi connectivity index (χ0) is 8.20. The van der Waals surface area contributed by atoms with Crippen molar-refractivity contribution in [2.45, 2.75) is 26.4 Å². The third-order valence-corrected chi connectivity index (χ3v) is 4.41. The first-order valence-corrected chi connectivity index (χ1v) is 7.74. The van der Waals surface area contributed by atoms with Gasteiger partial charge in [-0.2, -0.15) is 0 Å². The molecular weight excluding hydrogens is 168 g/mol. The van der Waals surface area contributed by atoms with E-state index >= 15 is 0 Å². The predicted octanol–water partition coefficient (Wildman–Crippen LogP) is 0.726. The maximum atomic E-state index is 10.9. The Morgan fingerprint density at radius 2 is 1.90 bits per heavy atom. The van der Waals surface area contributed by atoms with Gasteiger partial charge in [0.1, 0.15) is 0 Å². The van der Waals surface area contributed by atoms with Crippen molar-refractivity contribution in [1.82, 2.24) is 0 Å². The molecule has 10 heavy (non-hydrogen) atoms. The van der Waals surface area contributed by atoms with E-state index < -0.39 is 19.2 Å². The van der Waals surface area contributed by atoms with Crippen molar-refractivity contribution >= 4 is 19.2 Å². The maximum absolute atomic E-state index is 10.9. The van der Waals surface area contributed by atoms with Crippen LogP contribution in [0.25, 0.3) is 0 Å². The molecule has 0 rings (SSSR count). The van der Waals surface area contributed by atoms with Crippen molar-refractivity contribution in [2.75, 3.05) is 5.75 Å². The van der Waals surface area contributed by atoms with Gasteiger partial charge in [0.2, 0.25) is 0 Å². The van der Waals surface area contributed by atoms with Gasteiger partial charge in [-0.05, 0) is 19.5 Å². The highest BCUT2D eigenvalue weighted by Gasteiger charge is 2.11. The van der Waals surface area contributed by atoms with E-state index in [1.165, 1.54) is 0 Å². The molecule has 0 saturated heterocycles. The Bertz CT molecular complexity index is 173. The highest BCUT2D eigenvalue weighted by Crippen LogP contribution is 1.98. The summed E-state index contributed by atoms with van der Waals surface area (Å²) < 4.78 is 26.5. The molecule has 0 spiro atoms. The third-order valence-electron chi connectivity index (χ3n) is 0.793. The van der Waals surface area contributed by atoms with E-state index in [0.717, 1.165) is 0 Å². The minimum atomic E-state index is -3.17. The van der Waals surface area contributed by atoms with Crippen molar-refractivity contribution in [3.05, 3.63) is 0 Å². The van der Waals surface area contributed by atoms with Crippen molar-refractivity contribution in [3.63, 3.8) is 0 Å². The zero-order valence-corrected chi connectivity index (χ0v) is 8.60. The Morgan fingerprint density at radius 3 is 2.20 bits per heavy atom. The van der Waals surface area contributed by atoms with Gasteiger partial charge in [-0.3, -0.25) is 0 Å². The van der Waals surface area contributed by atoms with E-state index in [-0.39, 0.29) is 5.75 Å². The molecule has 0 saturated carbocycles. The third kappa shape index (κ3) is 4.96. The van der Waals surface area contributed by atoms with Gasteiger partial charge in [0, 0.05) is 0 Å². The molecule has 0 aliphatic rings. The molecule has 62 valence electrons. The van der Waals surface area contributed by atoms with Crippen LogP contribution in [0.1, 0.15) is 13.3 Å². The summed E-state index contributed by atoms with van der Waals surface area (Å²) in [6.45, 7) is 5.50. The molecule has 5 heteroatoms. The summed E-state index contributed by atoms with van der Waals surface area (Å²) in [5.74, 6) is 0.151. The van der Waals surface area contributed by atoms with Gasteiger partial charge < -0.3 is 3.87 Å². The molecule has 0 aromatic carbocycles. The zero-order valence-electron chi connectivity index (χ0n) is 6.62. The summed E-state index contributed by atoms with van der Waals surface area (Å²) in [4.78, 5) is 0. The fraction of sp³-hybridized carbons (Fsp3) is 1.00. The molecule has 0 atom stereocenters. The Labute approximate surface area is 64.2 Å². The molecule has 0 amide bonds. The van der Waals surface area contributed by atoms with Gasteiger partial charge in [0.15, 0.2) is 9.04 Å². The van der Waals surface area contributed by atoms with E-state index in [4.69, 9.17) is 3.87 Å². The molecule has 0 N–H and O–H groups in total. The average Bonchev–Trinajstić information content (AvgIpc) is 1.59. The second kappa shape index (κ2) is 4.10. The normalized spacial score (nSPS) is 12.4. The van der Waals surface area contributed by atoms with Gasteiger partial charge in [0.05, 0.1) is 5.75 Å². The van der Waals surface area contributed by atoms with Gasteiger partial charge in [-0.25, -0.2) is 8.42 Å². The highest BCUT2D eigenvalue weighted by molar-refractivity contribution is 7.87. The number of hydrogen-bond donors (Lipinski definition) is 0. The van der Waals surface area contributed by atoms with Crippen LogP contribution in [0.5, 0.6) is 0 Å². The van der Waals surface area contributed by atoms with Crippen LogP contribution in [0.4, 0.5) is 0 Å². The maximum Gasteiger partial charge on any atom is 0.257 e. The fourth-order valence-electron chi connectivity index (χ4n) is 0.591. The van der Waals surface area contributed by atoms with E-state index in [1.54, 1.807) is 0 Å². The molecule has 0 unspecified atom stereocenters. The lowest BCUT2D eigenvalue weighted by Gasteiger charge is -2.05. The Balaban J connectivity index is 3.89. The monoisotopic (exact) mass is 182 g/mol. The summed E-state index contributed by atoms with van der Waals surface area (Å²) in [6, 6.07) is 0. The van der Waals surface area contributed by atoms with E-state index in [2.05, 4.69) is 0 Å². The summed E-state index contributed by atoms with van der Waals surface area (Å²) in [5, 5.41) is 0. The van der Waals surface area contributed by atoms with Crippen molar-refractivity contribution in [3.8, 4) is 0 Å². The molecule has 0 aliphatic heterocycles. The van der Waals surface area contributed by atoms with E-state index in [0.29, 0.717) is 6.42 Å². The molecule has 0 aliphatic carbocycles. The van der Waals surface area contributed by atoms with Crippen LogP contribution >= 0.6 is 0 Å². The van der Waals surface area contributed by atoms with Crippen LogP contribution in [-0.2, 0) is 14.0 Å². The van der Waals surface area contributed by atoms with Gasteiger partial charge in [-0.15, -0.1) is 0 Å². The Kier molecular flexibility index (Phi) is 4.15. The quantitative estimate of drug-likeness (QED) is 0.602. The topological polar surface area (TPSA) is 43.4 Å². The lowest BCUT2D eigenvalue weighted by molar-refractivity contribution is 0.494. The SMILES string of the molecule is CCCS(=O)(=O)O[SiH](C)C. The number of hydrogen-bond acceptors (Lipinski definition) is 3. The van der Waals surface area contributed by atoms with Gasteiger partial charge >= 0.3 is 0 Å². The first kappa shape index (κ1) is 10.1. The second-order valence-electron chi connectivity index (χ2n) is 2.41. The minimum Gasteiger partial charge on any atom is -0.319 e. The van der Waals surface area contributed by atoms with Crippen molar-refractivity contribution in [1.29, 1.82) is 0 Å². The predicted molar refractivity (Wildman–Crippen MR) is 44.0 cm³/mol. The average molecular weight is 182 g/mol. The van der Waals surface area contributed by atoms with E-state index in [9.17, 15) is 8.42 Å². The van der Waals surface area contributed by atoms with Crippen LogP contribution in [0, 0.1) is 0 Å². The lowest BCUT2D eigenvalue weighted by atomic mass is 10.6. The van der Waals surface area contributed by atoms with Crippen LogP contribution in [0.3, 0.4) is 0 Å². The smallest absolute Gasteiger partial charge is 0.257 e. The van der Waals surface area contributed by atoms with Crippen LogP contribution in [0.2, 0.25) is 13.1 Å². The largest absolute Gasteiger partial charge is 0.319 e. The summed E-state index contributed by atoms with van der Waals surface area (Å²) in [6.07, 6.45) is 0.628. The summed E-state index contributed by atoms with van der Waals surface area (Å²) in [7, 11) is -4.58. The van der Waals surface area contributed by atoms with Crippen LogP contribution in [-0.4, -0.2) is 23.2 Å². The highest BCUT2D eigenvalue weighted by atomic mass is 32.2. The number of rotatable bonds is 4. The first-order chi connectivity index (χ1) is 4.48. The van der Waals surface area contributed by atoms with E-state index in [1.807, 2.05) is 20.0 Å². The van der Waals surface area contributed by atoms with Crippen LogP contribution < -0.4 is 0 Å². The van der Waals surface area contributed by atoms with Crippen molar-refractivity contribution < 1.29 is 12.3 Å². The van der Waals surface area contributed by atoms with Gasteiger partial charge in [0.25, 0.3) is 10.1 Å². The summed E-state index contributed by atoms with van der Waals surface area (Å²) in [5.41, 5.74) is 0. The molecule has 0 radical (unpaired) electrons. The van der Waals surface area contributed by atoms with Crippen molar-refractivity contribution in [2.24, 2.45) is 0 Å². The molecule has 0 aromatic heterocycles. The Hall–Kier alpha value is 0.127. The van der Waals surface area contributed by atoms with Crippen LogP contribution in [0.15, 0.2) is 0 Å². The molecule has 3 nitrogen and oxygen atoms in total. The second-order valence-corrected chi connectivity index (χ2v) is 6.80. The molecule has 0 aromatic rings. The standard InChI is InChI=1S/C5H14O3SSi/c1-4-5-9(6,7)8-10(2)3/h10H,4-5H2,1-3H3. The first-order valence-electron chi connectivity index (χ1n) is 3.39. The Morgan fingerprint density at radius 1 is 1.40 bits per heavy atom. The summed E-state index contributed by atoms with van der Waals surface area (Å²) >= 11 is 0. The van der Waals surface area contributed by atoms with Gasteiger partial charge in [-0.1, -0.05) is 6.92 Å². The minimum absolute atomic E-state index is 0.151. The molecule has 0 heterocycles. The molecule has 0 fully saturated rings. The fourth-order valence-corrected chi connectivity index (χ4v) is 3.82. The molecule has 0 bridgehead atoms. The molecular formula is C5H14O3SSi. The lowest BCUT2D eigenvalue weighted by Crippen LogP contribution is -2.17.